The maximum Gasteiger partial charge on any atom is 0.419 e. The van der Waals surface area contributed by atoms with Crippen molar-refractivity contribution in [1.29, 1.82) is 0 Å². The number of hydrogen-bond donors (Lipinski definition) is 2. The zero-order valence-electron chi connectivity index (χ0n) is 8.42. The Morgan fingerprint density at radius 1 is 1.31 bits per heavy atom. The van der Waals surface area contributed by atoms with Crippen molar-refractivity contribution < 1.29 is 22.7 Å². The minimum Gasteiger partial charge on any atom is -0.387 e. The summed E-state index contributed by atoms with van der Waals surface area (Å²) in [5.41, 5.74) is 3.89. The summed E-state index contributed by atoms with van der Waals surface area (Å²) in [7, 11) is 0. The predicted octanol–water partition coefficient (Wildman–Crippen LogP) is 2.23. The Hall–Kier alpha value is -1.14. The van der Waals surface area contributed by atoms with E-state index < -0.39 is 29.7 Å². The topological polar surface area (TPSA) is 46.2 Å². The molecule has 2 atom stereocenters. The standard InChI is InChI=1S/C10H11F4NO/c1-5(15)9(16)6-2-3-8(11)7(4-6)10(12,13)14/h2-5,9,16H,15H2,1H3/t5-,9-/m0/s1. The molecule has 3 N–H and O–H groups in total. The highest BCUT2D eigenvalue weighted by Gasteiger charge is 2.34. The van der Waals surface area contributed by atoms with Crippen LogP contribution in [-0.2, 0) is 6.18 Å². The fraction of sp³-hybridized carbons (Fsp3) is 0.400. The number of aliphatic hydroxyl groups excluding tert-OH is 1. The van der Waals surface area contributed by atoms with Gasteiger partial charge in [-0.05, 0) is 24.6 Å². The summed E-state index contributed by atoms with van der Waals surface area (Å²) in [6.45, 7) is 1.45. The van der Waals surface area contributed by atoms with Gasteiger partial charge in [0.25, 0.3) is 0 Å². The maximum absolute atomic E-state index is 12.9. The van der Waals surface area contributed by atoms with E-state index in [1.165, 1.54) is 6.92 Å². The van der Waals surface area contributed by atoms with Crippen LogP contribution in [0.4, 0.5) is 17.6 Å². The summed E-state index contributed by atoms with van der Waals surface area (Å²) < 4.78 is 49.9. The average Bonchev–Trinajstić information content (AvgIpc) is 2.15. The SMILES string of the molecule is C[C@H](N)[C@H](O)c1ccc(F)c(C(F)(F)F)c1. The molecule has 1 aromatic carbocycles. The highest BCUT2D eigenvalue weighted by molar-refractivity contribution is 5.29. The van der Waals surface area contributed by atoms with E-state index in [9.17, 15) is 22.7 Å². The molecule has 16 heavy (non-hydrogen) atoms. The fourth-order valence-electron chi connectivity index (χ4n) is 1.25. The lowest BCUT2D eigenvalue weighted by molar-refractivity contribution is -0.140. The van der Waals surface area contributed by atoms with E-state index in [0.29, 0.717) is 12.1 Å². The number of benzene rings is 1. The predicted molar refractivity (Wildman–Crippen MR) is 50.0 cm³/mol. The molecule has 0 saturated heterocycles. The van der Waals surface area contributed by atoms with Gasteiger partial charge in [-0.1, -0.05) is 6.07 Å². The summed E-state index contributed by atoms with van der Waals surface area (Å²) in [5.74, 6) is -1.37. The molecule has 1 rings (SSSR count). The van der Waals surface area contributed by atoms with Gasteiger partial charge in [0.15, 0.2) is 0 Å². The van der Waals surface area contributed by atoms with E-state index in [2.05, 4.69) is 0 Å². The van der Waals surface area contributed by atoms with E-state index >= 15 is 0 Å². The molecule has 0 unspecified atom stereocenters. The van der Waals surface area contributed by atoms with Crippen LogP contribution < -0.4 is 5.73 Å². The second-order valence-electron chi connectivity index (χ2n) is 3.54. The molecule has 0 aliphatic carbocycles. The molecule has 0 aromatic heterocycles. The first kappa shape index (κ1) is 12.9. The van der Waals surface area contributed by atoms with Gasteiger partial charge >= 0.3 is 6.18 Å². The molecule has 6 heteroatoms. The molecule has 0 bridgehead atoms. The van der Waals surface area contributed by atoms with E-state index in [0.717, 1.165) is 6.07 Å². The molecule has 0 amide bonds. The van der Waals surface area contributed by atoms with Crippen molar-refractivity contribution >= 4 is 0 Å². The summed E-state index contributed by atoms with van der Waals surface area (Å²) >= 11 is 0. The number of nitrogens with two attached hydrogens (primary N) is 1. The van der Waals surface area contributed by atoms with Gasteiger partial charge in [0, 0.05) is 6.04 Å². The lowest BCUT2D eigenvalue weighted by Gasteiger charge is -2.17. The first-order valence-electron chi connectivity index (χ1n) is 4.53. The third-order valence-corrected chi connectivity index (χ3v) is 2.14. The highest BCUT2D eigenvalue weighted by atomic mass is 19.4. The van der Waals surface area contributed by atoms with Gasteiger partial charge in [0.05, 0.1) is 11.7 Å². The molecule has 2 nitrogen and oxygen atoms in total. The van der Waals surface area contributed by atoms with E-state index in [4.69, 9.17) is 5.73 Å². The lowest BCUT2D eigenvalue weighted by atomic mass is 10.0. The molecular formula is C10H11F4NO. The normalized spacial score (nSPS) is 15.9. The molecular weight excluding hydrogens is 226 g/mol. The number of alkyl halides is 3. The van der Waals surface area contributed by atoms with Crippen molar-refractivity contribution in [3.8, 4) is 0 Å². The van der Waals surface area contributed by atoms with Crippen LogP contribution in [0.15, 0.2) is 18.2 Å². The first-order valence-corrected chi connectivity index (χ1v) is 4.53. The minimum atomic E-state index is -4.78. The molecule has 0 fully saturated rings. The number of aliphatic hydroxyl groups is 1. The zero-order chi connectivity index (χ0) is 12.5. The van der Waals surface area contributed by atoms with E-state index in [-0.39, 0.29) is 5.56 Å². The van der Waals surface area contributed by atoms with Crippen molar-refractivity contribution in [1.82, 2.24) is 0 Å². The van der Waals surface area contributed by atoms with E-state index in [1.54, 1.807) is 0 Å². The summed E-state index contributed by atoms with van der Waals surface area (Å²) in [5, 5.41) is 9.46. The molecule has 0 aliphatic rings. The summed E-state index contributed by atoms with van der Waals surface area (Å²) in [6.07, 6.45) is -6.03. The average molecular weight is 237 g/mol. The summed E-state index contributed by atoms with van der Waals surface area (Å²) in [4.78, 5) is 0. The molecule has 0 heterocycles. The van der Waals surface area contributed by atoms with Crippen LogP contribution in [0.2, 0.25) is 0 Å². The minimum absolute atomic E-state index is 0.0521. The van der Waals surface area contributed by atoms with Crippen LogP contribution >= 0.6 is 0 Å². The van der Waals surface area contributed by atoms with Gasteiger partial charge in [-0.3, -0.25) is 0 Å². The van der Waals surface area contributed by atoms with Crippen LogP contribution in [-0.4, -0.2) is 11.1 Å². The largest absolute Gasteiger partial charge is 0.419 e. The van der Waals surface area contributed by atoms with Crippen LogP contribution in [0.3, 0.4) is 0 Å². The van der Waals surface area contributed by atoms with Crippen LogP contribution in [0.1, 0.15) is 24.2 Å². The Morgan fingerprint density at radius 3 is 2.31 bits per heavy atom. The number of halogens is 4. The van der Waals surface area contributed by atoms with Crippen LogP contribution in [0, 0.1) is 5.82 Å². The zero-order valence-corrected chi connectivity index (χ0v) is 8.42. The molecule has 0 saturated carbocycles. The smallest absolute Gasteiger partial charge is 0.387 e. The van der Waals surface area contributed by atoms with Crippen LogP contribution in [0.25, 0.3) is 0 Å². The number of rotatable bonds is 2. The van der Waals surface area contributed by atoms with Crippen molar-refractivity contribution in [2.24, 2.45) is 5.73 Å². The fourth-order valence-corrected chi connectivity index (χ4v) is 1.25. The monoisotopic (exact) mass is 237 g/mol. The molecule has 0 radical (unpaired) electrons. The van der Waals surface area contributed by atoms with Crippen molar-refractivity contribution in [3.63, 3.8) is 0 Å². The van der Waals surface area contributed by atoms with Crippen LogP contribution in [0.5, 0.6) is 0 Å². The summed E-state index contributed by atoms with van der Waals surface area (Å²) in [6, 6.07) is 1.60. The van der Waals surface area contributed by atoms with Crippen molar-refractivity contribution in [2.75, 3.05) is 0 Å². The second-order valence-corrected chi connectivity index (χ2v) is 3.54. The van der Waals surface area contributed by atoms with Gasteiger partial charge in [-0.25, -0.2) is 4.39 Å². The third-order valence-electron chi connectivity index (χ3n) is 2.14. The second kappa shape index (κ2) is 4.39. The quantitative estimate of drug-likeness (QED) is 0.775. The lowest BCUT2D eigenvalue weighted by Crippen LogP contribution is -2.24. The Balaban J connectivity index is 3.18. The molecule has 90 valence electrons. The van der Waals surface area contributed by atoms with Gasteiger partial charge < -0.3 is 10.8 Å². The Kier molecular flexibility index (Phi) is 3.54. The van der Waals surface area contributed by atoms with Gasteiger partial charge in [-0.15, -0.1) is 0 Å². The van der Waals surface area contributed by atoms with Crippen molar-refractivity contribution in [3.05, 3.63) is 35.1 Å². The first-order chi connectivity index (χ1) is 7.23. The van der Waals surface area contributed by atoms with Gasteiger partial charge in [0.2, 0.25) is 0 Å². The maximum atomic E-state index is 12.9. The molecule has 1 aromatic rings. The molecule has 0 spiro atoms. The Labute approximate surface area is 89.7 Å². The number of hydrogen-bond acceptors (Lipinski definition) is 2. The van der Waals surface area contributed by atoms with Crippen molar-refractivity contribution in [2.45, 2.75) is 25.2 Å². The van der Waals surface area contributed by atoms with Gasteiger partial charge in [0.1, 0.15) is 5.82 Å². The Bertz CT molecular complexity index is 376. The van der Waals surface area contributed by atoms with E-state index in [1.807, 2.05) is 0 Å². The highest BCUT2D eigenvalue weighted by Crippen LogP contribution is 2.33. The van der Waals surface area contributed by atoms with Gasteiger partial charge in [-0.2, -0.15) is 13.2 Å². The Morgan fingerprint density at radius 2 is 1.88 bits per heavy atom. The molecule has 0 aliphatic heterocycles. The third kappa shape index (κ3) is 2.70.